The molecule has 1 aromatic heterocycles. The van der Waals surface area contributed by atoms with Crippen molar-refractivity contribution in [1.82, 2.24) is 0 Å². The quantitative estimate of drug-likeness (QED) is 0.172. The first-order valence-electron chi connectivity index (χ1n) is 12.9. The number of nitrogens with zero attached hydrogens (tertiary/aromatic N) is 1. The molecule has 0 aliphatic heterocycles. The zero-order valence-corrected chi connectivity index (χ0v) is 19.7. The van der Waals surface area contributed by atoms with E-state index in [9.17, 15) is 0 Å². The molecule has 0 aliphatic rings. The largest absolute Gasteiger partial charge is 0.201 e. The Balaban J connectivity index is 1.38. The second kappa shape index (κ2) is 17.1. The highest BCUT2D eigenvalue weighted by Gasteiger charge is 2.01. The van der Waals surface area contributed by atoms with Gasteiger partial charge in [-0.2, -0.15) is 0 Å². The Labute approximate surface area is 186 Å². The van der Waals surface area contributed by atoms with Crippen molar-refractivity contribution < 1.29 is 4.57 Å². The lowest BCUT2D eigenvalue weighted by Crippen LogP contribution is -2.32. The number of hydrogen-bond acceptors (Lipinski definition) is 0. The molecule has 1 aromatic carbocycles. The number of pyridine rings is 1. The van der Waals surface area contributed by atoms with E-state index < -0.39 is 0 Å². The first kappa shape index (κ1) is 24.6. The summed E-state index contributed by atoms with van der Waals surface area (Å²) in [6.07, 6.45) is 27.0. The van der Waals surface area contributed by atoms with Gasteiger partial charge in [0.1, 0.15) is 0 Å². The Morgan fingerprint density at radius 2 is 0.933 bits per heavy atom. The average Bonchev–Trinajstić information content (AvgIpc) is 2.78. The molecule has 1 nitrogen and oxygen atoms in total. The van der Waals surface area contributed by atoms with Crippen molar-refractivity contribution >= 4 is 0 Å². The molecule has 2 rings (SSSR count). The van der Waals surface area contributed by atoms with E-state index in [0.717, 1.165) is 6.54 Å². The van der Waals surface area contributed by atoms with E-state index in [1.165, 1.54) is 114 Å². The standard InChI is InChI=1S/C29H46N/c1-2-3-4-5-6-7-8-9-10-11-12-13-14-15-17-20-28-21-23-29(24-22-28)27-30-25-18-16-19-26-30/h16,18-19,21-26H,2-15,17,20,27H2,1H3/q+1. The van der Waals surface area contributed by atoms with E-state index >= 15 is 0 Å². The van der Waals surface area contributed by atoms with Gasteiger partial charge in [0, 0.05) is 17.7 Å². The summed E-state index contributed by atoms with van der Waals surface area (Å²) in [6.45, 7) is 3.26. The fourth-order valence-corrected chi connectivity index (χ4v) is 4.26. The molecule has 1 heterocycles. The van der Waals surface area contributed by atoms with Crippen molar-refractivity contribution in [3.63, 3.8) is 0 Å². The van der Waals surface area contributed by atoms with Crippen LogP contribution in [0.1, 0.15) is 114 Å². The molecular weight excluding hydrogens is 362 g/mol. The predicted molar refractivity (Wildman–Crippen MR) is 131 cm³/mol. The molecule has 30 heavy (non-hydrogen) atoms. The van der Waals surface area contributed by atoms with Gasteiger partial charge in [0.05, 0.1) is 0 Å². The summed E-state index contributed by atoms with van der Waals surface area (Å²) in [5, 5.41) is 0. The van der Waals surface area contributed by atoms with E-state index in [2.05, 4.69) is 66.3 Å². The molecule has 0 saturated carbocycles. The van der Waals surface area contributed by atoms with Crippen molar-refractivity contribution in [2.24, 2.45) is 0 Å². The molecular formula is C29H46N+. The molecule has 166 valence electrons. The molecule has 0 fully saturated rings. The van der Waals surface area contributed by atoms with Crippen LogP contribution >= 0.6 is 0 Å². The molecule has 1 heteroatoms. The van der Waals surface area contributed by atoms with Gasteiger partial charge < -0.3 is 0 Å². The number of rotatable bonds is 18. The van der Waals surface area contributed by atoms with Crippen LogP contribution in [0.25, 0.3) is 0 Å². The third kappa shape index (κ3) is 12.2. The third-order valence-corrected chi connectivity index (χ3v) is 6.23. The lowest BCUT2D eigenvalue weighted by molar-refractivity contribution is -0.688. The summed E-state index contributed by atoms with van der Waals surface area (Å²) in [7, 11) is 0. The molecule has 0 aliphatic carbocycles. The Morgan fingerprint density at radius 1 is 0.500 bits per heavy atom. The van der Waals surface area contributed by atoms with Crippen LogP contribution in [0.3, 0.4) is 0 Å². The predicted octanol–water partition coefficient (Wildman–Crippen LogP) is 8.44. The van der Waals surface area contributed by atoms with Crippen molar-refractivity contribution in [2.45, 2.75) is 116 Å². The zero-order valence-electron chi connectivity index (χ0n) is 19.7. The van der Waals surface area contributed by atoms with Gasteiger partial charge in [0.15, 0.2) is 18.9 Å². The molecule has 0 radical (unpaired) electrons. The van der Waals surface area contributed by atoms with E-state index in [1.54, 1.807) is 0 Å². The van der Waals surface area contributed by atoms with E-state index in [-0.39, 0.29) is 0 Å². The van der Waals surface area contributed by atoms with Crippen LogP contribution in [-0.2, 0) is 13.0 Å². The molecule has 0 amide bonds. The number of unbranched alkanes of at least 4 members (excludes halogenated alkanes) is 14. The molecule has 0 spiro atoms. The van der Waals surface area contributed by atoms with Crippen molar-refractivity contribution in [2.75, 3.05) is 0 Å². The fraction of sp³-hybridized carbons (Fsp3) is 0.621. The van der Waals surface area contributed by atoms with Crippen LogP contribution < -0.4 is 4.57 Å². The highest BCUT2D eigenvalue weighted by atomic mass is 14.9. The normalized spacial score (nSPS) is 11.1. The molecule has 0 unspecified atom stereocenters. The third-order valence-electron chi connectivity index (χ3n) is 6.23. The summed E-state index contributed by atoms with van der Waals surface area (Å²) < 4.78 is 2.23. The monoisotopic (exact) mass is 408 g/mol. The Kier molecular flexibility index (Phi) is 14.0. The van der Waals surface area contributed by atoms with Gasteiger partial charge in [-0.3, -0.25) is 0 Å². The molecule has 0 saturated heterocycles. The number of aryl methyl sites for hydroxylation is 1. The Bertz CT molecular complexity index is 617. The van der Waals surface area contributed by atoms with Crippen LogP contribution in [0.5, 0.6) is 0 Å². The minimum Gasteiger partial charge on any atom is -0.201 e. The first-order valence-corrected chi connectivity index (χ1v) is 12.9. The summed E-state index contributed by atoms with van der Waals surface area (Å²) in [5.74, 6) is 0. The summed E-state index contributed by atoms with van der Waals surface area (Å²) in [5.41, 5.74) is 2.87. The number of hydrogen-bond donors (Lipinski definition) is 0. The maximum atomic E-state index is 2.32. The average molecular weight is 409 g/mol. The lowest BCUT2D eigenvalue weighted by atomic mass is 10.0. The van der Waals surface area contributed by atoms with E-state index in [0.29, 0.717) is 0 Å². The van der Waals surface area contributed by atoms with Crippen LogP contribution in [-0.4, -0.2) is 0 Å². The summed E-state index contributed by atoms with van der Waals surface area (Å²) in [4.78, 5) is 0. The van der Waals surface area contributed by atoms with Crippen molar-refractivity contribution in [3.05, 3.63) is 66.0 Å². The van der Waals surface area contributed by atoms with Gasteiger partial charge in [0.25, 0.3) is 0 Å². The van der Waals surface area contributed by atoms with Crippen molar-refractivity contribution in [3.8, 4) is 0 Å². The topological polar surface area (TPSA) is 3.88 Å². The molecule has 2 aromatic rings. The summed E-state index contributed by atoms with van der Waals surface area (Å²) in [6, 6.07) is 15.5. The van der Waals surface area contributed by atoms with Crippen LogP contribution in [0, 0.1) is 0 Å². The van der Waals surface area contributed by atoms with Crippen LogP contribution in [0.2, 0.25) is 0 Å². The van der Waals surface area contributed by atoms with Gasteiger partial charge >= 0.3 is 0 Å². The minimum absolute atomic E-state index is 0.958. The van der Waals surface area contributed by atoms with Gasteiger partial charge in [0.2, 0.25) is 0 Å². The Hall–Kier alpha value is -1.63. The second-order valence-corrected chi connectivity index (χ2v) is 9.06. The molecule has 0 atom stereocenters. The fourth-order valence-electron chi connectivity index (χ4n) is 4.26. The smallest absolute Gasteiger partial charge is 0.173 e. The van der Waals surface area contributed by atoms with Crippen molar-refractivity contribution in [1.29, 1.82) is 0 Å². The van der Waals surface area contributed by atoms with E-state index in [1.807, 2.05) is 0 Å². The number of aromatic nitrogens is 1. The van der Waals surface area contributed by atoms with Gasteiger partial charge in [-0.15, -0.1) is 0 Å². The molecule has 0 bridgehead atoms. The van der Waals surface area contributed by atoms with Crippen LogP contribution in [0.15, 0.2) is 54.9 Å². The Morgan fingerprint density at radius 3 is 1.43 bits per heavy atom. The number of benzene rings is 1. The van der Waals surface area contributed by atoms with Gasteiger partial charge in [-0.1, -0.05) is 127 Å². The minimum atomic E-state index is 0.958. The second-order valence-electron chi connectivity index (χ2n) is 9.06. The first-order chi connectivity index (χ1) is 14.9. The maximum absolute atomic E-state index is 2.32. The summed E-state index contributed by atoms with van der Waals surface area (Å²) >= 11 is 0. The highest BCUT2D eigenvalue weighted by molar-refractivity contribution is 5.22. The highest BCUT2D eigenvalue weighted by Crippen LogP contribution is 2.14. The van der Waals surface area contributed by atoms with E-state index in [4.69, 9.17) is 0 Å². The van der Waals surface area contributed by atoms with Gasteiger partial charge in [-0.05, 0) is 18.4 Å². The lowest BCUT2D eigenvalue weighted by Gasteiger charge is -2.04. The van der Waals surface area contributed by atoms with Gasteiger partial charge in [-0.25, -0.2) is 4.57 Å². The zero-order chi connectivity index (χ0) is 21.1. The SMILES string of the molecule is CCCCCCCCCCCCCCCCCc1ccc(C[n+]2ccccc2)cc1. The maximum Gasteiger partial charge on any atom is 0.173 e. The van der Waals surface area contributed by atoms with Crippen LogP contribution in [0.4, 0.5) is 0 Å². The molecule has 0 N–H and O–H groups in total.